The van der Waals surface area contributed by atoms with E-state index < -0.39 is 0 Å². The second kappa shape index (κ2) is 3.97. The Kier molecular flexibility index (Phi) is 2.69. The molecule has 0 aromatic heterocycles. The molecule has 1 aromatic carbocycles. The molecule has 0 amide bonds. The predicted octanol–water partition coefficient (Wildman–Crippen LogP) is 2.96. The van der Waals surface area contributed by atoms with Crippen molar-refractivity contribution in [2.24, 2.45) is 4.99 Å². The lowest BCUT2D eigenvalue weighted by molar-refractivity contribution is 0.738. The summed E-state index contributed by atoms with van der Waals surface area (Å²) in [5.41, 5.74) is 1.27. The second-order valence-corrected chi connectivity index (χ2v) is 4.18. The molecule has 0 saturated heterocycles. The van der Waals surface area contributed by atoms with Gasteiger partial charge in [0.15, 0.2) is 0 Å². The Balaban J connectivity index is 2.19. The minimum absolute atomic E-state index is 0.542. The van der Waals surface area contributed by atoms with Crippen LogP contribution in [-0.4, -0.2) is 16.8 Å². The van der Waals surface area contributed by atoms with E-state index in [1.54, 1.807) is 0 Å². The maximum Gasteiger partial charge on any atom is 0.0981 e. The van der Waals surface area contributed by atoms with Gasteiger partial charge in [-0.15, -0.1) is 11.8 Å². The fraction of sp³-hybridized carbons (Fsp3) is 0.364. The van der Waals surface area contributed by atoms with E-state index in [1.165, 1.54) is 10.6 Å². The molecule has 0 aliphatic carbocycles. The van der Waals surface area contributed by atoms with Crippen LogP contribution in [0.5, 0.6) is 0 Å². The third-order valence-corrected chi connectivity index (χ3v) is 3.37. The first-order valence-electron chi connectivity index (χ1n) is 4.66. The Labute approximate surface area is 83.3 Å². The Hall–Kier alpha value is -0.760. The monoisotopic (exact) mass is 191 g/mol. The van der Waals surface area contributed by atoms with E-state index in [2.05, 4.69) is 36.2 Å². The second-order valence-electron chi connectivity index (χ2n) is 3.17. The summed E-state index contributed by atoms with van der Waals surface area (Å²) in [6.45, 7) is 2.20. The number of nitrogens with zero attached hydrogens (tertiary/aromatic N) is 1. The number of benzene rings is 1. The zero-order valence-corrected chi connectivity index (χ0v) is 8.55. The summed E-state index contributed by atoms with van der Waals surface area (Å²) in [5, 5.41) is 1.22. The number of rotatable bonds is 2. The molecule has 1 aliphatic heterocycles. The Morgan fingerprint density at radius 1 is 1.38 bits per heavy atom. The number of hydrogen-bond donors (Lipinski definition) is 0. The molecule has 68 valence electrons. The minimum Gasteiger partial charge on any atom is -0.274 e. The normalized spacial score (nSPS) is 21.6. The Morgan fingerprint density at radius 2 is 2.15 bits per heavy atom. The maximum absolute atomic E-state index is 4.66. The lowest BCUT2D eigenvalue weighted by Gasteiger charge is -1.97. The van der Waals surface area contributed by atoms with E-state index in [0.29, 0.717) is 6.04 Å². The van der Waals surface area contributed by atoms with Crippen molar-refractivity contribution in [1.29, 1.82) is 0 Å². The lowest BCUT2D eigenvalue weighted by Crippen LogP contribution is -1.99. The van der Waals surface area contributed by atoms with Gasteiger partial charge in [0, 0.05) is 11.3 Å². The number of aliphatic imine (C=N–C) groups is 1. The molecule has 0 spiro atoms. The van der Waals surface area contributed by atoms with Gasteiger partial charge in [-0.2, -0.15) is 0 Å². The van der Waals surface area contributed by atoms with Gasteiger partial charge in [0.1, 0.15) is 0 Å². The Morgan fingerprint density at radius 3 is 2.77 bits per heavy atom. The van der Waals surface area contributed by atoms with E-state index in [9.17, 15) is 0 Å². The molecule has 2 heteroatoms. The molecule has 1 nitrogen and oxygen atoms in total. The molecule has 1 atom stereocenters. The largest absolute Gasteiger partial charge is 0.274 e. The molecule has 1 unspecified atom stereocenters. The van der Waals surface area contributed by atoms with Crippen molar-refractivity contribution in [2.75, 3.05) is 5.75 Å². The molecule has 0 N–H and O–H groups in total. The average molecular weight is 191 g/mol. The van der Waals surface area contributed by atoms with Crippen molar-refractivity contribution < 1.29 is 0 Å². The topological polar surface area (TPSA) is 12.4 Å². The Bertz CT molecular complexity index is 305. The number of hydrogen-bond acceptors (Lipinski definition) is 2. The van der Waals surface area contributed by atoms with Gasteiger partial charge in [0.2, 0.25) is 0 Å². The van der Waals surface area contributed by atoms with Crippen molar-refractivity contribution in [3.8, 4) is 0 Å². The van der Waals surface area contributed by atoms with E-state index in [0.717, 1.165) is 12.2 Å². The van der Waals surface area contributed by atoms with Crippen molar-refractivity contribution in [2.45, 2.75) is 19.4 Å². The highest BCUT2D eigenvalue weighted by molar-refractivity contribution is 8.14. The van der Waals surface area contributed by atoms with E-state index in [1.807, 2.05) is 17.8 Å². The molecule has 1 heterocycles. The fourth-order valence-electron chi connectivity index (χ4n) is 1.36. The van der Waals surface area contributed by atoms with Crippen molar-refractivity contribution >= 4 is 16.8 Å². The molecule has 1 aliphatic rings. The van der Waals surface area contributed by atoms with Crippen LogP contribution in [0.3, 0.4) is 0 Å². The van der Waals surface area contributed by atoms with Gasteiger partial charge < -0.3 is 0 Å². The van der Waals surface area contributed by atoms with Gasteiger partial charge in [0.25, 0.3) is 0 Å². The molecular weight excluding hydrogens is 178 g/mol. The van der Waals surface area contributed by atoms with Gasteiger partial charge in [0.05, 0.1) is 11.1 Å². The van der Waals surface area contributed by atoms with Crippen LogP contribution in [0.4, 0.5) is 0 Å². The highest BCUT2D eigenvalue weighted by Crippen LogP contribution is 2.24. The van der Waals surface area contributed by atoms with Gasteiger partial charge >= 0.3 is 0 Å². The van der Waals surface area contributed by atoms with E-state index in [-0.39, 0.29) is 0 Å². The van der Waals surface area contributed by atoms with Gasteiger partial charge in [-0.25, -0.2) is 0 Å². The van der Waals surface area contributed by atoms with Crippen LogP contribution in [0, 0.1) is 0 Å². The van der Waals surface area contributed by atoms with Gasteiger partial charge in [-0.3, -0.25) is 4.99 Å². The summed E-state index contributed by atoms with van der Waals surface area (Å²) in [6.07, 6.45) is 1.16. The molecule has 0 saturated carbocycles. The maximum atomic E-state index is 4.66. The lowest BCUT2D eigenvalue weighted by atomic mass is 10.2. The summed E-state index contributed by atoms with van der Waals surface area (Å²) in [7, 11) is 0. The first-order chi connectivity index (χ1) is 6.40. The molecule has 0 fully saturated rings. The number of thioether (sulfide) groups is 1. The molecule has 0 bridgehead atoms. The summed E-state index contributed by atoms with van der Waals surface area (Å²) in [5.74, 6) is 1.15. The third kappa shape index (κ3) is 1.94. The summed E-state index contributed by atoms with van der Waals surface area (Å²) >= 11 is 1.88. The molecule has 13 heavy (non-hydrogen) atoms. The average Bonchev–Trinajstić information content (AvgIpc) is 2.67. The summed E-state index contributed by atoms with van der Waals surface area (Å²) < 4.78 is 0. The van der Waals surface area contributed by atoms with Crippen molar-refractivity contribution in [3.63, 3.8) is 0 Å². The predicted molar refractivity (Wildman–Crippen MR) is 59.5 cm³/mol. The summed E-state index contributed by atoms with van der Waals surface area (Å²) in [4.78, 5) is 4.66. The summed E-state index contributed by atoms with van der Waals surface area (Å²) in [6, 6.07) is 11.0. The van der Waals surface area contributed by atoms with Gasteiger partial charge in [-0.1, -0.05) is 37.3 Å². The smallest absolute Gasteiger partial charge is 0.0981 e. The van der Waals surface area contributed by atoms with Crippen LogP contribution < -0.4 is 0 Å². The highest BCUT2D eigenvalue weighted by Gasteiger charge is 2.16. The highest BCUT2D eigenvalue weighted by atomic mass is 32.2. The minimum atomic E-state index is 0.542. The zero-order valence-electron chi connectivity index (χ0n) is 7.73. The molecule has 1 aromatic rings. The van der Waals surface area contributed by atoms with Crippen LogP contribution in [0.25, 0.3) is 0 Å². The first-order valence-corrected chi connectivity index (χ1v) is 5.64. The fourth-order valence-corrected chi connectivity index (χ4v) is 2.55. The van der Waals surface area contributed by atoms with Crippen molar-refractivity contribution in [1.82, 2.24) is 0 Å². The van der Waals surface area contributed by atoms with Crippen LogP contribution in [0.2, 0.25) is 0 Å². The quantitative estimate of drug-likeness (QED) is 0.700. The molecular formula is C11H13NS. The SMILES string of the molecule is CCC1CSC(c2ccccc2)=N1. The zero-order chi connectivity index (χ0) is 9.10. The molecule has 2 rings (SSSR count). The third-order valence-electron chi connectivity index (χ3n) is 2.20. The van der Waals surface area contributed by atoms with E-state index >= 15 is 0 Å². The van der Waals surface area contributed by atoms with Gasteiger partial charge in [-0.05, 0) is 6.42 Å². The first kappa shape index (κ1) is 8.82. The van der Waals surface area contributed by atoms with Crippen LogP contribution in [0.1, 0.15) is 18.9 Å². The molecule has 0 radical (unpaired) electrons. The van der Waals surface area contributed by atoms with E-state index in [4.69, 9.17) is 0 Å². The van der Waals surface area contributed by atoms with Crippen LogP contribution in [0.15, 0.2) is 35.3 Å². The van der Waals surface area contributed by atoms with Crippen LogP contribution in [-0.2, 0) is 0 Å². The standard InChI is InChI=1S/C11H13NS/c1-2-10-8-13-11(12-10)9-6-4-3-5-7-9/h3-7,10H,2,8H2,1H3. The van der Waals surface area contributed by atoms with Crippen LogP contribution >= 0.6 is 11.8 Å². The van der Waals surface area contributed by atoms with Crippen molar-refractivity contribution in [3.05, 3.63) is 35.9 Å².